The number of aryl methyl sites for hydroxylation is 1. The number of hydrogen-bond donors (Lipinski definition) is 0. The van der Waals surface area contributed by atoms with E-state index in [1.807, 2.05) is 19.1 Å². The highest BCUT2D eigenvalue weighted by atomic mass is 32.2. The first-order chi connectivity index (χ1) is 14.8. The second-order valence-corrected chi connectivity index (χ2v) is 10.2. The van der Waals surface area contributed by atoms with Gasteiger partial charge in [0.05, 0.1) is 10.5 Å². The summed E-state index contributed by atoms with van der Waals surface area (Å²) in [5.74, 6) is 1.44. The molecule has 31 heavy (non-hydrogen) atoms. The summed E-state index contributed by atoms with van der Waals surface area (Å²) >= 11 is 6.58. The van der Waals surface area contributed by atoms with Gasteiger partial charge in [-0.05, 0) is 42.9 Å². The van der Waals surface area contributed by atoms with Crippen LogP contribution in [0.1, 0.15) is 31.4 Å². The number of rotatable bonds is 4. The molecule has 0 spiro atoms. The predicted octanol–water partition coefficient (Wildman–Crippen LogP) is 3.87. The number of pyridine rings is 1. The van der Waals surface area contributed by atoms with E-state index in [-0.39, 0.29) is 11.5 Å². The summed E-state index contributed by atoms with van der Waals surface area (Å²) in [6, 6.07) is 3.82. The highest BCUT2D eigenvalue weighted by Crippen LogP contribution is 2.34. The minimum Gasteiger partial charge on any atom is -0.355 e. The van der Waals surface area contributed by atoms with E-state index in [9.17, 15) is 9.59 Å². The van der Waals surface area contributed by atoms with Crippen molar-refractivity contribution in [3.8, 4) is 0 Å². The van der Waals surface area contributed by atoms with Crippen molar-refractivity contribution in [3.05, 3.63) is 57.4 Å². The predicted molar refractivity (Wildman–Crippen MR) is 131 cm³/mol. The number of carbonyl (C=O) groups excluding carboxylic acids is 1. The van der Waals surface area contributed by atoms with Gasteiger partial charge in [0, 0.05) is 25.8 Å². The summed E-state index contributed by atoms with van der Waals surface area (Å²) < 4.78 is 2.04. The lowest BCUT2D eigenvalue weighted by atomic mass is 9.91. The summed E-state index contributed by atoms with van der Waals surface area (Å²) in [7, 11) is 0. The van der Waals surface area contributed by atoms with Crippen molar-refractivity contribution in [2.24, 2.45) is 11.8 Å². The van der Waals surface area contributed by atoms with Crippen LogP contribution in [-0.2, 0) is 4.79 Å². The summed E-state index contributed by atoms with van der Waals surface area (Å²) in [4.78, 5) is 35.5. The van der Waals surface area contributed by atoms with Crippen LogP contribution in [0.15, 0.2) is 40.7 Å². The first-order valence-electron chi connectivity index (χ1n) is 10.4. The van der Waals surface area contributed by atoms with Gasteiger partial charge in [-0.1, -0.05) is 50.0 Å². The fourth-order valence-electron chi connectivity index (χ4n) is 4.37. The number of thioether (sulfide) groups is 1. The molecule has 2 aromatic rings. The van der Waals surface area contributed by atoms with Crippen molar-refractivity contribution < 1.29 is 4.79 Å². The molecule has 2 aliphatic heterocycles. The molecule has 4 heterocycles. The molecule has 2 aliphatic rings. The SMILES string of the molecule is C=CCN1C(=O)/C(=C/c2c(N3CC(C)CC(C)C3)nc3ccc(C)cn3c2=O)SC1=S. The third-order valence-electron chi connectivity index (χ3n) is 5.61. The van der Waals surface area contributed by atoms with Crippen LogP contribution in [0.4, 0.5) is 5.82 Å². The van der Waals surface area contributed by atoms with Crippen molar-refractivity contribution in [3.63, 3.8) is 0 Å². The van der Waals surface area contributed by atoms with E-state index in [1.54, 1.807) is 22.7 Å². The molecule has 0 aliphatic carbocycles. The van der Waals surface area contributed by atoms with Gasteiger partial charge in [-0.15, -0.1) is 6.58 Å². The third kappa shape index (κ3) is 4.19. The normalized spacial score (nSPS) is 23.3. The van der Waals surface area contributed by atoms with Crippen molar-refractivity contribution in [2.75, 3.05) is 24.5 Å². The standard InChI is InChI=1S/C23H26N4O2S2/c1-5-8-26-22(29)18(31-23(26)30)10-17-20(25-11-15(3)9-16(4)12-25)24-19-7-6-14(2)13-27(19)21(17)28/h5-7,10,13,15-16H,1,8-9,11-12H2,2-4H3/b18-10-. The third-order valence-corrected chi connectivity index (χ3v) is 6.99. The molecule has 2 aromatic heterocycles. The van der Waals surface area contributed by atoms with Crippen molar-refractivity contribution in [1.82, 2.24) is 14.3 Å². The second-order valence-electron chi connectivity index (χ2n) is 8.52. The first kappa shape index (κ1) is 21.8. The highest BCUT2D eigenvalue weighted by molar-refractivity contribution is 8.26. The Morgan fingerprint density at radius 3 is 2.65 bits per heavy atom. The lowest BCUT2D eigenvalue weighted by molar-refractivity contribution is -0.121. The average Bonchev–Trinajstić information content (AvgIpc) is 2.97. The Morgan fingerprint density at radius 2 is 1.97 bits per heavy atom. The molecule has 0 saturated carbocycles. The molecule has 2 unspecified atom stereocenters. The fourth-order valence-corrected chi connectivity index (χ4v) is 5.62. The number of fused-ring (bicyclic) bond motifs is 1. The Balaban J connectivity index is 1.89. The number of thiocarbonyl (C=S) groups is 1. The zero-order chi connectivity index (χ0) is 22.3. The molecule has 4 rings (SSSR count). The number of carbonyl (C=O) groups is 1. The van der Waals surface area contributed by atoms with Crippen molar-refractivity contribution in [2.45, 2.75) is 27.2 Å². The molecular formula is C23H26N4O2S2. The molecule has 0 radical (unpaired) electrons. The number of nitrogens with zero attached hydrogens (tertiary/aromatic N) is 4. The maximum Gasteiger partial charge on any atom is 0.267 e. The van der Waals surface area contributed by atoms with Crippen molar-refractivity contribution in [1.29, 1.82) is 0 Å². The molecule has 8 heteroatoms. The van der Waals surface area contributed by atoms with Gasteiger partial charge in [-0.2, -0.15) is 0 Å². The molecule has 6 nitrogen and oxygen atoms in total. The molecule has 2 fully saturated rings. The van der Waals surface area contributed by atoms with Crippen LogP contribution in [0.2, 0.25) is 0 Å². The number of piperidine rings is 1. The molecular weight excluding hydrogens is 428 g/mol. The van der Waals surface area contributed by atoms with E-state index in [4.69, 9.17) is 17.2 Å². The summed E-state index contributed by atoms with van der Waals surface area (Å²) in [5.41, 5.74) is 1.83. The van der Waals surface area contributed by atoms with Gasteiger partial charge in [-0.3, -0.25) is 18.9 Å². The van der Waals surface area contributed by atoms with Gasteiger partial charge in [-0.25, -0.2) is 4.98 Å². The van der Waals surface area contributed by atoms with Gasteiger partial charge >= 0.3 is 0 Å². The minimum atomic E-state index is -0.199. The first-order valence-corrected chi connectivity index (χ1v) is 11.6. The van der Waals surface area contributed by atoms with Gasteiger partial charge in [0.1, 0.15) is 15.8 Å². The van der Waals surface area contributed by atoms with E-state index >= 15 is 0 Å². The van der Waals surface area contributed by atoms with Gasteiger partial charge in [0.25, 0.3) is 11.5 Å². The second kappa shape index (κ2) is 8.59. The highest BCUT2D eigenvalue weighted by Gasteiger charge is 2.33. The average molecular weight is 455 g/mol. The molecule has 2 saturated heterocycles. The zero-order valence-electron chi connectivity index (χ0n) is 18.0. The molecule has 162 valence electrons. The number of amides is 1. The molecule has 0 N–H and O–H groups in total. The van der Waals surface area contributed by atoms with Crippen molar-refractivity contribution >= 4 is 51.7 Å². The molecule has 2 atom stereocenters. The number of aromatic nitrogens is 2. The topological polar surface area (TPSA) is 57.9 Å². The van der Waals surface area contributed by atoms with Crippen LogP contribution in [0.5, 0.6) is 0 Å². The van der Waals surface area contributed by atoms with Gasteiger partial charge in [0.2, 0.25) is 0 Å². The maximum absolute atomic E-state index is 13.6. The van der Waals surface area contributed by atoms with E-state index in [2.05, 4.69) is 25.3 Å². The van der Waals surface area contributed by atoms with Crippen LogP contribution >= 0.6 is 24.0 Å². The van der Waals surface area contributed by atoms with E-state index in [0.717, 1.165) is 25.1 Å². The Bertz CT molecular complexity index is 1160. The van der Waals surface area contributed by atoms with Crippen LogP contribution < -0.4 is 10.5 Å². The van der Waals surface area contributed by atoms with E-state index in [0.29, 0.717) is 44.6 Å². The minimum absolute atomic E-state index is 0.177. The summed E-state index contributed by atoms with van der Waals surface area (Å²) in [6.07, 6.45) is 6.25. The van der Waals surface area contributed by atoms with Crippen LogP contribution in [0.25, 0.3) is 11.7 Å². The zero-order valence-corrected chi connectivity index (χ0v) is 19.6. The van der Waals surface area contributed by atoms with Crippen LogP contribution in [-0.4, -0.2) is 44.1 Å². The Labute approximate surface area is 191 Å². The summed E-state index contributed by atoms with van der Waals surface area (Å²) in [6.45, 7) is 12.1. The van der Waals surface area contributed by atoms with Crippen LogP contribution in [0.3, 0.4) is 0 Å². The van der Waals surface area contributed by atoms with Crippen LogP contribution in [0, 0.1) is 18.8 Å². The smallest absolute Gasteiger partial charge is 0.267 e. The lowest BCUT2D eigenvalue weighted by Crippen LogP contribution is -2.40. The number of anilines is 1. The van der Waals surface area contributed by atoms with E-state index in [1.165, 1.54) is 16.7 Å². The largest absolute Gasteiger partial charge is 0.355 e. The lowest BCUT2D eigenvalue weighted by Gasteiger charge is -2.36. The van der Waals surface area contributed by atoms with E-state index < -0.39 is 0 Å². The monoisotopic (exact) mass is 454 g/mol. The number of hydrogen-bond acceptors (Lipinski definition) is 6. The molecule has 0 aromatic carbocycles. The fraction of sp³-hybridized carbons (Fsp3) is 0.391. The Kier molecular flexibility index (Phi) is 6.03. The van der Waals surface area contributed by atoms with Gasteiger partial charge < -0.3 is 4.90 Å². The maximum atomic E-state index is 13.6. The summed E-state index contributed by atoms with van der Waals surface area (Å²) in [5, 5.41) is 0. The molecule has 1 amide bonds. The Hall–Kier alpha value is -2.45. The molecule has 0 bridgehead atoms. The quantitative estimate of drug-likeness (QED) is 0.397. The Morgan fingerprint density at radius 1 is 1.26 bits per heavy atom. The van der Waals surface area contributed by atoms with Gasteiger partial charge in [0.15, 0.2) is 0 Å².